The van der Waals surface area contributed by atoms with Crippen molar-refractivity contribution in [3.05, 3.63) is 34.9 Å². The van der Waals surface area contributed by atoms with E-state index in [2.05, 4.69) is 0 Å². The average Bonchev–Trinajstić information content (AvgIpc) is 2.00. The number of rotatable bonds is 2. The van der Waals surface area contributed by atoms with Crippen LogP contribution in [0.25, 0.3) is 0 Å². The van der Waals surface area contributed by atoms with Gasteiger partial charge in [0, 0.05) is 11.6 Å². The monoisotopic (exact) mass is 216 g/mol. The maximum atomic E-state index is 13.2. The zero-order valence-corrected chi connectivity index (χ0v) is 8.21. The number of carboxylic acids is 1. The van der Waals surface area contributed by atoms with E-state index in [1.165, 1.54) is 13.8 Å². The average molecular weight is 216 g/mol. The van der Waals surface area contributed by atoms with Crippen LogP contribution in [0.1, 0.15) is 29.8 Å². The van der Waals surface area contributed by atoms with E-state index < -0.39 is 28.8 Å². The molecule has 1 rings (SSSR count). The molecule has 0 aliphatic carbocycles. The van der Waals surface area contributed by atoms with Crippen molar-refractivity contribution < 1.29 is 23.8 Å². The van der Waals surface area contributed by atoms with Crippen molar-refractivity contribution in [1.82, 2.24) is 0 Å². The molecular formula is C10H10F2O3. The summed E-state index contributed by atoms with van der Waals surface area (Å²) in [6.07, 6.45) is 0. The van der Waals surface area contributed by atoms with Crippen LogP contribution in [0.2, 0.25) is 0 Å². The molecule has 0 saturated heterocycles. The minimum atomic E-state index is -1.55. The predicted molar refractivity (Wildman–Crippen MR) is 48.6 cm³/mol. The van der Waals surface area contributed by atoms with E-state index in [4.69, 9.17) is 5.11 Å². The molecule has 0 atom stereocenters. The van der Waals surface area contributed by atoms with Gasteiger partial charge in [0.1, 0.15) is 11.6 Å². The zero-order valence-electron chi connectivity index (χ0n) is 8.21. The number of hydrogen-bond acceptors (Lipinski definition) is 2. The summed E-state index contributed by atoms with van der Waals surface area (Å²) < 4.78 is 26.2. The minimum absolute atomic E-state index is 0.249. The number of benzene rings is 1. The molecule has 0 fully saturated rings. The van der Waals surface area contributed by atoms with Gasteiger partial charge in [-0.05, 0) is 19.9 Å². The highest BCUT2D eigenvalue weighted by Crippen LogP contribution is 2.25. The van der Waals surface area contributed by atoms with Crippen LogP contribution in [0.15, 0.2) is 12.1 Å². The van der Waals surface area contributed by atoms with Crippen molar-refractivity contribution in [1.29, 1.82) is 0 Å². The van der Waals surface area contributed by atoms with Crippen molar-refractivity contribution >= 4 is 5.97 Å². The summed E-state index contributed by atoms with van der Waals surface area (Å²) in [5.74, 6) is -3.63. The lowest BCUT2D eigenvalue weighted by molar-refractivity contribution is 0.0683. The fourth-order valence-electron chi connectivity index (χ4n) is 1.18. The quantitative estimate of drug-likeness (QED) is 0.793. The number of aliphatic hydroxyl groups is 1. The number of carboxylic acid groups (broad SMARTS) is 1. The Morgan fingerprint density at radius 2 is 1.80 bits per heavy atom. The summed E-state index contributed by atoms with van der Waals surface area (Å²) in [6.45, 7) is 2.57. The Morgan fingerprint density at radius 1 is 1.27 bits per heavy atom. The second-order valence-corrected chi connectivity index (χ2v) is 3.68. The molecule has 0 aliphatic rings. The number of halogens is 2. The molecule has 0 unspecified atom stereocenters. The van der Waals surface area contributed by atoms with Crippen LogP contribution in [0.5, 0.6) is 0 Å². The van der Waals surface area contributed by atoms with Crippen LogP contribution in [0.3, 0.4) is 0 Å². The Kier molecular flexibility index (Phi) is 2.77. The molecule has 15 heavy (non-hydrogen) atoms. The lowest BCUT2D eigenvalue weighted by Crippen LogP contribution is -2.19. The van der Waals surface area contributed by atoms with Crippen molar-refractivity contribution in [2.45, 2.75) is 19.4 Å². The smallest absolute Gasteiger partial charge is 0.338 e. The maximum Gasteiger partial charge on any atom is 0.338 e. The molecule has 0 saturated carbocycles. The number of hydrogen-bond donors (Lipinski definition) is 2. The SMILES string of the molecule is CC(C)(O)c1cc(C(=O)O)c(F)cc1F. The van der Waals surface area contributed by atoms with Crippen LogP contribution < -0.4 is 0 Å². The van der Waals surface area contributed by atoms with Gasteiger partial charge in [0.2, 0.25) is 0 Å². The first-order chi connectivity index (χ1) is 6.73. The van der Waals surface area contributed by atoms with Crippen molar-refractivity contribution in [2.75, 3.05) is 0 Å². The maximum absolute atomic E-state index is 13.2. The molecule has 0 amide bonds. The van der Waals surface area contributed by atoms with E-state index in [9.17, 15) is 18.7 Å². The third kappa shape index (κ3) is 2.30. The molecule has 0 bridgehead atoms. The fraction of sp³-hybridized carbons (Fsp3) is 0.300. The van der Waals surface area contributed by atoms with Crippen LogP contribution in [0, 0.1) is 11.6 Å². The van der Waals surface area contributed by atoms with Crippen LogP contribution >= 0.6 is 0 Å². The van der Waals surface area contributed by atoms with Gasteiger partial charge >= 0.3 is 5.97 Å². The third-order valence-corrected chi connectivity index (χ3v) is 1.95. The van der Waals surface area contributed by atoms with Gasteiger partial charge in [-0.1, -0.05) is 0 Å². The first kappa shape index (κ1) is 11.6. The molecule has 0 spiro atoms. The van der Waals surface area contributed by atoms with E-state index in [-0.39, 0.29) is 5.56 Å². The minimum Gasteiger partial charge on any atom is -0.478 e. The Hall–Kier alpha value is -1.49. The summed E-state index contributed by atoms with van der Waals surface area (Å²) >= 11 is 0. The highest BCUT2D eigenvalue weighted by Gasteiger charge is 2.24. The molecule has 0 heterocycles. The van der Waals surface area contributed by atoms with E-state index >= 15 is 0 Å². The molecule has 3 nitrogen and oxygen atoms in total. The second-order valence-electron chi connectivity index (χ2n) is 3.68. The Bertz CT molecular complexity index is 408. The highest BCUT2D eigenvalue weighted by molar-refractivity contribution is 5.88. The molecule has 0 aliphatic heterocycles. The van der Waals surface area contributed by atoms with Gasteiger partial charge in [0.15, 0.2) is 0 Å². The molecule has 2 N–H and O–H groups in total. The van der Waals surface area contributed by atoms with Gasteiger partial charge in [-0.25, -0.2) is 13.6 Å². The molecular weight excluding hydrogens is 206 g/mol. The van der Waals surface area contributed by atoms with Gasteiger partial charge in [-0.3, -0.25) is 0 Å². The second kappa shape index (κ2) is 3.58. The van der Waals surface area contributed by atoms with Gasteiger partial charge in [-0.15, -0.1) is 0 Å². The number of aromatic carboxylic acids is 1. The topological polar surface area (TPSA) is 57.5 Å². The summed E-state index contributed by atoms with van der Waals surface area (Å²) in [6, 6.07) is 1.25. The fourth-order valence-corrected chi connectivity index (χ4v) is 1.18. The van der Waals surface area contributed by atoms with Gasteiger partial charge < -0.3 is 10.2 Å². The Morgan fingerprint density at radius 3 is 2.20 bits per heavy atom. The molecule has 0 radical (unpaired) electrons. The van der Waals surface area contributed by atoms with Crippen LogP contribution in [-0.4, -0.2) is 16.2 Å². The zero-order chi connectivity index (χ0) is 11.8. The lowest BCUT2D eigenvalue weighted by Gasteiger charge is -2.19. The summed E-state index contributed by atoms with van der Waals surface area (Å²) in [7, 11) is 0. The van der Waals surface area contributed by atoms with E-state index in [0.29, 0.717) is 6.07 Å². The van der Waals surface area contributed by atoms with E-state index in [1.54, 1.807) is 0 Å². The summed E-state index contributed by atoms with van der Waals surface area (Å²) in [5.41, 5.74) is -2.46. The predicted octanol–water partition coefficient (Wildman–Crippen LogP) is 1.89. The van der Waals surface area contributed by atoms with Crippen molar-refractivity contribution in [3.8, 4) is 0 Å². The van der Waals surface area contributed by atoms with E-state index in [1.807, 2.05) is 0 Å². The third-order valence-electron chi connectivity index (χ3n) is 1.95. The van der Waals surface area contributed by atoms with Crippen LogP contribution in [-0.2, 0) is 5.60 Å². The lowest BCUT2D eigenvalue weighted by atomic mass is 9.95. The van der Waals surface area contributed by atoms with E-state index in [0.717, 1.165) is 6.07 Å². The highest BCUT2D eigenvalue weighted by atomic mass is 19.1. The molecule has 1 aromatic carbocycles. The van der Waals surface area contributed by atoms with Crippen molar-refractivity contribution in [3.63, 3.8) is 0 Å². The Balaban J connectivity index is 3.43. The first-order valence-corrected chi connectivity index (χ1v) is 4.18. The molecule has 5 heteroatoms. The first-order valence-electron chi connectivity index (χ1n) is 4.18. The van der Waals surface area contributed by atoms with Gasteiger partial charge in [0.25, 0.3) is 0 Å². The van der Waals surface area contributed by atoms with Gasteiger partial charge in [0.05, 0.1) is 11.2 Å². The summed E-state index contributed by atoms with van der Waals surface area (Å²) in [4.78, 5) is 10.6. The normalized spacial score (nSPS) is 11.5. The largest absolute Gasteiger partial charge is 0.478 e. The van der Waals surface area contributed by atoms with Gasteiger partial charge in [-0.2, -0.15) is 0 Å². The summed E-state index contributed by atoms with van der Waals surface area (Å²) in [5, 5.41) is 18.1. The molecule has 1 aromatic rings. The number of carbonyl (C=O) groups is 1. The van der Waals surface area contributed by atoms with Crippen molar-refractivity contribution in [2.24, 2.45) is 0 Å². The molecule has 82 valence electrons. The standard InChI is InChI=1S/C10H10F2O3/c1-10(2,15)6-3-5(9(13)14)7(11)4-8(6)12/h3-4,15H,1-2H3,(H,13,14). The van der Waals surface area contributed by atoms with Crippen LogP contribution in [0.4, 0.5) is 8.78 Å². The Labute approximate surface area is 85.0 Å². The molecule has 0 aromatic heterocycles.